The van der Waals surface area contributed by atoms with Gasteiger partial charge >= 0.3 is 5.97 Å². The van der Waals surface area contributed by atoms with Crippen LogP contribution in [0.25, 0.3) is 11.1 Å². The normalized spacial score (nSPS) is 12.6. The Morgan fingerprint density at radius 1 is 1.16 bits per heavy atom. The maximum atomic E-state index is 12.6. The van der Waals surface area contributed by atoms with Crippen LogP contribution in [0.4, 0.5) is 0 Å². The number of rotatable bonds is 5. The Labute approximate surface area is 147 Å². The number of ether oxygens (including phenoxy) is 2. The minimum Gasteiger partial charge on any atom is -0.481 e. The van der Waals surface area contributed by atoms with Crippen LogP contribution in [0.5, 0.6) is 5.75 Å². The molecule has 1 aliphatic rings. The molecule has 25 heavy (non-hydrogen) atoms. The van der Waals surface area contributed by atoms with Crippen LogP contribution in [0, 0.1) is 12.3 Å². The van der Waals surface area contributed by atoms with Crippen molar-refractivity contribution >= 4 is 17.1 Å². The average molecular weight is 330 g/mol. The molecule has 1 aliphatic carbocycles. The van der Waals surface area contributed by atoms with Crippen molar-refractivity contribution in [1.82, 2.24) is 0 Å². The van der Waals surface area contributed by atoms with Crippen molar-refractivity contribution in [3.05, 3.63) is 77.4 Å². The molecular formula is C22H18O3. The first kappa shape index (κ1) is 16.6. The van der Waals surface area contributed by atoms with Gasteiger partial charge in [-0.1, -0.05) is 48.9 Å². The number of carbonyl (C=O) groups excluding carboxylic acids is 1. The second-order valence-corrected chi connectivity index (χ2v) is 5.52. The summed E-state index contributed by atoms with van der Waals surface area (Å²) < 4.78 is 10.8. The first-order chi connectivity index (χ1) is 12.2. The van der Waals surface area contributed by atoms with Gasteiger partial charge in [0, 0.05) is 5.57 Å². The number of fused-ring (bicyclic) bond motifs is 1. The lowest BCUT2D eigenvalue weighted by Gasteiger charge is -2.09. The quantitative estimate of drug-likeness (QED) is 0.612. The van der Waals surface area contributed by atoms with Gasteiger partial charge in [0.15, 0.2) is 0 Å². The Morgan fingerprint density at radius 3 is 2.60 bits per heavy atom. The minimum atomic E-state index is -0.367. The van der Waals surface area contributed by atoms with E-state index in [0.29, 0.717) is 23.5 Å². The fourth-order valence-corrected chi connectivity index (χ4v) is 2.96. The van der Waals surface area contributed by atoms with Gasteiger partial charge in [-0.2, -0.15) is 0 Å². The van der Waals surface area contributed by atoms with Crippen molar-refractivity contribution < 1.29 is 14.3 Å². The van der Waals surface area contributed by atoms with Crippen molar-refractivity contribution in [3.63, 3.8) is 0 Å². The van der Waals surface area contributed by atoms with Crippen molar-refractivity contribution in [2.24, 2.45) is 0 Å². The van der Waals surface area contributed by atoms with Gasteiger partial charge < -0.3 is 9.47 Å². The number of carbonyl (C=O) groups is 1. The van der Waals surface area contributed by atoms with Gasteiger partial charge in [0.25, 0.3) is 0 Å². The summed E-state index contributed by atoms with van der Waals surface area (Å²) in [5.74, 6) is 2.73. The van der Waals surface area contributed by atoms with Gasteiger partial charge in [0.05, 0.1) is 12.2 Å². The van der Waals surface area contributed by atoms with E-state index in [4.69, 9.17) is 15.9 Å². The van der Waals surface area contributed by atoms with Crippen LogP contribution in [-0.4, -0.2) is 19.2 Å². The molecule has 0 amide bonds. The molecule has 2 aromatic rings. The Hall–Kier alpha value is -3.25. The smallest absolute Gasteiger partial charge is 0.339 e. The lowest BCUT2D eigenvalue weighted by atomic mass is 9.97. The van der Waals surface area contributed by atoms with Crippen molar-refractivity contribution in [2.75, 3.05) is 13.2 Å². The summed E-state index contributed by atoms with van der Waals surface area (Å²) in [6.07, 6.45) is 5.25. The largest absolute Gasteiger partial charge is 0.481 e. The van der Waals surface area contributed by atoms with E-state index in [1.807, 2.05) is 48.5 Å². The van der Waals surface area contributed by atoms with Crippen LogP contribution >= 0.6 is 0 Å². The predicted octanol–water partition coefficient (Wildman–Crippen LogP) is 4.09. The molecule has 0 aromatic heterocycles. The Morgan fingerprint density at radius 2 is 1.92 bits per heavy atom. The van der Waals surface area contributed by atoms with Crippen molar-refractivity contribution in [3.8, 4) is 18.1 Å². The van der Waals surface area contributed by atoms with E-state index in [2.05, 4.69) is 12.5 Å². The van der Waals surface area contributed by atoms with E-state index in [1.165, 1.54) is 0 Å². The second kappa shape index (κ2) is 7.11. The average Bonchev–Trinajstić information content (AvgIpc) is 2.93. The maximum Gasteiger partial charge on any atom is 0.339 e. The maximum absolute atomic E-state index is 12.6. The molecule has 0 N–H and O–H groups in total. The van der Waals surface area contributed by atoms with Gasteiger partial charge in [0.1, 0.15) is 12.4 Å². The summed E-state index contributed by atoms with van der Waals surface area (Å²) in [5.41, 5.74) is 4.71. The van der Waals surface area contributed by atoms with Crippen LogP contribution in [0.3, 0.4) is 0 Å². The molecule has 3 rings (SSSR count). The number of terminal acetylenes is 1. The predicted molar refractivity (Wildman–Crippen MR) is 98.9 cm³/mol. The summed E-state index contributed by atoms with van der Waals surface area (Å²) in [6, 6.07) is 15.4. The van der Waals surface area contributed by atoms with Crippen LogP contribution < -0.4 is 4.74 Å². The zero-order chi connectivity index (χ0) is 17.8. The van der Waals surface area contributed by atoms with E-state index in [0.717, 1.165) is 22.3 Å². The third-order valence-corrected chi connectivity index (χ3v) is 4.00. The first-order valence-corrected chi connectivity index (χ1v) is 8.04. The highest BCUT2D eigenvalue weighted by Crippen LogP contribution is 2.45. The van der Waals surface area contributed by atoms with Crippen LogP contribution in [0.15, 0.2) is 60.7 Å². The van der Waals surface area contributed by atoms with Crippen LogP contribution in [0.1, 0.15) is 23.6 Å². The van der Waals surface area contributed by atoms with E-state index >= 15 is 0 Å². The summed E-state index contributed by atoms with van der Waals surface area (Å²) in [7, 11) is 0. The lowest BCUT2D eigenvalue weighted by molar-refractivity contribution is -0.137. The van der Waals surface area contributed by atoms with Gasteiger partial charge in [0.2, 0.25) is 0 Å². The highest BCUT2D eigenvalue weighted by Gasteiger charge is 2.31. The molecule has 124 valence electrons. The second-order valence-electron chi connectivity index (χ2n) is 5.52. The summed E-state index contributed by atoms with van der Waals surface area (Å²) in [5, 5.41) is 0. The fraction of sp³-hybridized carbons (Fsp3) is 0.136. The van der Waals surface area contributed by atoms with E-state index in [9.17, 15) is 4.79 Å². The molecule has 0 aliphatic heterocycles. The zero-order valence-corrected chi connectivity index (χ0v) is 14.0. The van der Waals surface area contributed by atoms with E-state index in [-0.39, 0.29) is 12.6 Å². The highest BCUT2D eigenvalue weighted by atomic mass is 16.5. The van der Waals surface area contributed by atoms with Crippen molar-refractivity contribution in [1.29, 1.82) is 0 Å². The third-order valence-electron chi connectivity index (χ3n) is 4.00. The molecule has 0 saturated carbocycles. The highest BCUT2D eigenvalue weighted by molar-refractivity contribution is 6.20. The molecule has 2 aromatic carbocycles. The third kappa shape index (κ3) is 3.07. The molecule has 0 atom stereocenters. The van der Waals surface area contributed by atoms with Crippen molar-refractivity contribution in [2.45, 2.75) is 6.92 Å². The topological polar surface area (TPSA) is 35.5 Å². The number of benzene rings is 2. The number of esters is 1. The van der Waals surface area contributed by atoms with Gasteiger partial charge in [-0.15, -0.1) is 6.42 Å². The van der Waals surface area contributed by atoms with E-state index < -0.39 is 0 Å². The molecule has 0 bridgehead atoms. The first-order valence-electron chi connectivity index (χ1n) is 8.04. The minimum absolute atomic E-state index is 0.189. The molecule has 0 spiro atoms. The molecule has 3 nitrogen and oxygen atoms in total. The Bertz CT molecular complexity index is 899. The summed E-state index contributed by atoms with van der Waals surface area (Å²) in [6.45, 7) is 6.41. The SMILES string of the molecule is C#CCOc1ccc2c(c1)C(=C)C(C(=O)OCC)=C2c1ccccc1. The van der Waals surface area contributed by atoms with Crippen LogP contribution in [-0.2, 0) is 9.53 Å². The molecule has 0 saturated heterocycles. The lowest BCUT2D eigenvalue weighted by Crippen LogP contribution is -2.08. The van der Waals surface area contributed by atoms with Gasteiger partial charge in [-0.25, -0.2) is 4.79 Å². The Balaban J connectivity index is 2.14. The van der Waals surface area contributed by atoms with Crippen LogP contribution in [0.2, 0.25) is 0 Å². The Kier molecular flexibility index (Phi) is 4.72. The fourth-order valence-electron chi connectivity index (χ4n) is 2.96. The molecule has 0 fully saturated rings. The standard InChI is InChI=1S/C22H18O3/c1-4-13-25-17-11-12-18-19(14-17)15(3)20(22(23)24-5-2)21(18)16-9-7-6-8-10-16/h1,6-12,14H,3,5,13H2,2H3. The molecular weight excluding hydrogens is 312 g/mol. The monoisotopic (exact) mass is 330 g/mol. The number of hydrogen-bond donors (Lipinski definition) is 0. The molecule has 0 radical (unpaired) electrons. The molecule has 0 heterocycles. The van der Waals surface area contributed by atoms with Gasteiger partial charge in [-0.3, -0.25) is 0 Å². The summed E-state index contributed by atoms with van der Waals surface area (Å²) >= 11 is 0. The number of hydrogen-bond acceptors (Lipinski definition) is 3. The summed E-state index contributed by atoms with van der Waals surface area (Å²) in [4.78, 5) is 12.6. The van der Waals surface area contributed by atoms with Gasteiger partial charge in [-0.05, 0) is 41.3 Å². The molecule has 3 heteroatoms. The molecule has 0 unspecified atom stereocenters. The van der Waals surface area contributed by atoms with E-state index in [1.54, 1.807) is 6.92 Å². The zero-order valence-electron chi connectivity index (χ0n) is 14.0.